The van der Waals surface area contributed by atoms with Crippen molar-refractivity contribution in [2.45, 2.75) is 0 Å². The van der Waals surface area contributed by atoms with Crippen molar-refractivity contribution in [3.63, 3.8) is 0 Å². The van der Waals surface area contributed by atoms with Crippen molar-refractivity contribution in [1.82, 2.24) is 9.97 Å². The van der Waals surface area contributed by atoms with Crippen LogP contribution in [0.5, 0.6) is 11.5 Å². The number of hydrogen-bond donors (Lipinski definition) is 0. The zero-order chi connectivity index (χ0) is 35.9. The van der Waals surface area contributed by atoms with Crippen LogP contribution >= 0.6 is 0 Å². The van der Waals surface area contributed by atoms with Crippen LogP contribution in [0, 0.1) is 0 Å². The number of nitrogens with zero attached hydrogens (tertiary/aromatic N) is 2. The van der Waals surface area contributed by atoms with Gasteiger partial charge in [0.15, 0.2) is 0 Å². The molecule has 0 saturated heterocycles. The van der Waals surface area contributed by atoms with Crippen molar-refractivity contribution in [3.8, 4) is 33.8 Å². The van der Waals surface area contributed by atoms with Gasteiger partial charge in [-0.15, -0.1) is 0 Å². The largest absolute Gasteiger partial charge is 0.497 e. The fourth-order valence-electron chi connectivity index (χ4n) is 8.61. The summed E-state index contributed by atoms with van der Waals surface area (Å²) in [6.07, 6.45) is 0. The van der Waals surface area contributed by atoms with E-state index in [0.717, 1.165) is 66.6 Å². The van der Waals surface area contributed by atoms with Crippen molar-refractivity contribution >= 4 is 86.7 Å². The van der Waals surface area contributed by atoms with Gasteiger partial charge in [-0.3, -0.25) is 0 Å². The molecule has 0 atom stereocenters. The minimum absolute atomic E-state index is 0.815. The van der Waals surface area contributed by atoms with Gasteiger partial charge in [-0.05, 0) is 102 Å². The Labute approximate surface area is 310 Å². The van der Waals surface area contributed by atoms with Crippen molar-refractivity contribution in [2.75, 3.05) is 14.2 Å². The van der Waals surface area contributed by atoms with Crippen molar-refractivity contribution in [1.29, 1.82) is 0 Å². The summed E-state index contributed by atoms with van der Waals surface area (Å²) in [5.74, 6) is 1.63. The fraction of sp³-hybridized carbons (Fsp3) is 0.0400. The van der Waals surface area contributed by atoms with Gasteiger partial charge in [-0.2, -0.15) is 0 Å². The number of fused-ring (bicyclic) bond motifs is 15. The van der Waals surface area contributed by atoms with Gasteiger partial charge in [0.05, 0.1) is 36.3 Å². The van der Waals surface area contributed by atoms with Crippen LogP contribution in [0.2, 0.25) is 0 Å². The molecule has 1 heterocycles. The van der Waals surface area contributed by atoms with Crippen LogP contribution in [0.15, 0.2) is 158 Å². The summed E-state index contributed by atoms with van der Waals surface area (Å²) in [5.41, 5.74) is 7.78. The van der Waals surface area contributed by atoms with Crippen LogP contribution in [0.25, 0.3) is 109 Å². The highest BCUT2D eigenvalue weighted by atomic mass is 16.5. The van der Waals surface area contributed by atoms with Gasteiger partial charge in [-0.25, -0.2) is 9.97 Å². The Balaban J connectivity index is 1.33. The second kappa shape index (κ2) is 11.7. The Morgan fingerprint density at radius 3 is 1.17 bits per heavy atom. The van der Waals surface area contributed by atoms with Crippen LogP contribution in [-0.2, 0) is 0 Å². The van der Waals surface area contributed by atoms with E-state index in [0.29, 0.717) is 0 Å². The lowest BCUT2D eigenvalue weighted by molar-refractivity contribution is 0.414. The van der Waals surface area contributed by atoms with E-state index in [-0.39, 0.29) is 0 Å². The second-order valence-electron chi connectivity index (χ2n) is 14.0. The monoisotopic (exact) mass is 692 g/mol. The first-order chi connectivity index (χ1) is 26.7. The van der Waals surface area contributed by atoms with E-state index in [4.69, 9.17) is 19.4 Å². The molecule has 11 rings (SSSR count). The SMILES string of the molecule is COc1ccc(-c2cc3nc4c5ccc6ccc7ccccc7c6c5c5c(ccc6ccc7ccccc7c65)c4nc3cc2-c2ccc(OC)cc2)cc1. The highest BCUT2D eigenvalue weighted by molar-refractivity contribution is 6.40. The van der Waals surface area contributed by atoms with E-state index in [2.05, 4.69) is 133 Å². The quantitative estimate of drug-likeness (QED) is 0.136. The first kappa shape index (κ1) is 30.6. The van der Waals surface area contributed by atoms with E-state index >= 15 is 0 Å². The molecular weight excluding hydrogens is 661 g/mol. The first-order valence-electron chi connectivity index (χ1n) is 18.2. The lowest BCUT2D eigenvalue weighted by atomic mass is 9.88. The van der Waals surface area contributed by atoms with Crippen molar-refractivity contribution in [2.24, 2.45) is 0 Å². The molecule has 0 fully saturated rings. The average molecular weight is 693 g/mol. The summed E-state index contributed by atoms with van der Waals surface area (Å²) < 4.78 is 11.0. The van der Waals surface area contributed by atoms with Gasteiger partial charge < -0.3 is 9.47 Å². The number of rotatable bonds is 4. The molecule has 0 unspecified atom stereocenters. The molecule has 0 aliphatic rings. The summed E-state index contributed by atoms with van der Waals surface area (Å²) in [6, 6.07) is 56.3. The Kier molecular flexibility index (Phi) is 6.65. The maximum Gasteiger partial charge on any atom is 0.118 e. The molecule has 4 nitrogen and oxygen atoms in total. The zero-order valence-electron chi connectivity index (χ0n) is 29.7. The van der Waals surface area contributed by atoms with E-state index < -0.39 is 0 Å². The molecule has 10 aromatic carbocycles. The van der Waals surface area contributed by atoms with Gasteiger partial charge in [0.2, 0.25) is 0 Å². The lowest BCUT2D eigenvalue weighted by Crippen LogP contribution is -1.95. The molecular formula is C50H32N2O2. The zero-order valence-corrected chi connectivity index (χ0v) is 29.7. The summed E-state index contributed by atoms with van der Waals surface area (Å²) in [7, 11) is 3.39. The second-order valence-corrected chi connectivity index (χ2v) is 14.0. The van der Waals surface area contributed by atoms with Gasteiger partial charge in [-0.1, -0.05) is 121 Å². The maximum atomic E-state index is 5.56. The Morgan fingerprint density at radius 2 is 0.741 bits per heavy atom. The summed E-state index contributed by atoms with van der Waals surface area (Å²) >= 11 is 0. The molecule has 0 N–H and O–H groups in total. The molecule has 0 saturated carbocycles. The topological polar surface area (TPSA) is 44.2 Å². The molecule has 0 radical (unpaired) electrons. The van der Waals surface area contributed by atoms with Crippen molar-refractivity contribution < 1.29 is 9.47 Å². The highest BCUT2D eigenvalue weighted by Crippen LogP contribution is 2.45. The molecule has 0 spiro atoms. The van der Waals surface area contributed by atoms with Crippen molar-refractivity contribution in [3.05, 3.63) is 158 Å². The average Bonchev–Trinajstić information content (AvgIpc) is 3.24. The van der Waals surface area contributed by atoms with E-state index in [1.54, 1.807) is 14.2 Å². The predicted octanol–water partition coefficient (Wildman–Crippen LogP) is 13.1. The summed E-state index contributed by atoms with van der Waals surface area (Å²) in [5, 5.41) is 14.4. The molecule has 254 valence electrons. The number of aromatic nitrogens is 2. The smallest absolute Gasteiger partial charge is 0.118 e. The molecule has 0 amide bonds. The number of benzene rings is 10. The van der Waals surface area contributed by atoms with E-state index in [1.165, 1.54) is 53.9 Å². The maximum absolute atomic E-state index is 5.56. The molecule has 0 aliphatic heterocycles. The fourth-order valence-corrected chi connectivity index (χ4v) is 8.61. The van der Waals surface area contributed by atoms with Crippen LogP contribution < -0.4 is 9.47 Å². The normalized spacial score (nSPS) is 11.9. The standard InChI is InChI=1S/C50H32N2O2/c1-53-35-21-15-31(16-22-35)41-27-43-44(28-42(41)32-17-23-36(54-2)24-18-32)52-50-40-26-20-34-14-12-30-8-4-6-10-38(30)46(34)48(40)47-39(49(50)51-43)25-19-33-13-11-29-7-3-5-9-37(29)45(33)47/h3-28H,1-2H3. The van der Waals surface area contributed by atoms with Crippen LogP contribution in [-0.4, -0.2) is 24.2 Å². The Bertz CT molecular complexity index is 3110. The highest BCUT2D eigenvalue weighted by Gasteiger charge is 2.20. The first-order valence-corrected chi connectivity index (χ1v) is 18.2. The third-order valence-corrected chi connectivity index (χ3v) is 11.2. The van der Waals surface area contributed by atoms with Crippen LogP contribution in [0.3, 0.4) is 0 Å². The molecule has 54 heavy (non-hydrogen) atoms. The number of ether oxygens (including phenoxy) is 2. The van der Waals surface area contributed by atoms with Gasteiger partial charge >= 0.3 is 0 Å². The van der Waals surface area contributed by atoms with Gasteiger partial charge in [0.1, 0.15) is 11.5 Å². The minimum Gasteiger partial charge on any atom is -0.497 e. The molecule has 1 aromatic heterocycles. The summed E-state index contributed by atoms with van der Waals surface area (Å²) in [6.45, 7) is 0. The minimum atomic E-state index is 0.815. The lowest BCUT2D eigenvalue weighted by Gasteiger charge is -2.18. The number of methoxy groups -OCH3 is 2. The number of hydrogen-bond acceptors (Lipinski definition) is 4. The molecule has 4 heteroatoms. The Hall–Kier alpha value is -7.04. The van der Waals surface area contributed by atoms with E-state index in [9.17, 15) is 0 Å². The van der Waals surface area contributed by atoms with Crippen LogP contribution in [0.1, 0.15) is 0 Å². The predicted molar refractivity (Wildman–Crippen MR) is 226 cm³/mol. The molecule has 0 bridgehead atoms. The summed E-state index contributed by atoms with van der Waals surface area (Å²) in [4.78, 5) is 11.1. The molecule has 0 aliphatic carbocycles. The van der Waals surface area contributed by atoms with Gasteiger partial charge in [0, 0.05) is 21.5 Å². The third kappa shape index (κ3) is 4.50. The van der Waals surface area contributed by atoms with E-state index in [1.807, 2.05) is 24.3 Å². The molecule has 11 aromatic rings. The van der Waals surface area contributed by atoms with Crippen LogP contribution in [0.4, 0.5) is 0 Å². The van der Waals surface area contributed by atoms with Gasteiger partial charge in [0.25, 0.3) is 0 Å². The Morgan fingerprint density at radius 1 is 0.352 bits per heavy atom. The third-order valence-electron chi connectivity index (χ3n) is 11.2.